The summed E-state index contributed by atoms with van der Waals surface area (Å²) in [5.41, 5.74) is 2.86. The fourth-order valence-electron chi connectivity index (χ4n) is 4.42. The molecule has 2 heterocycles. The van der Waals surface area contributed by atoms with Crippen molar-refractivity contribution in [2.24, 2.45) is 0 Å². The number of rotatable bonds is 2. The molecule has 2 aliphatic heterocycles. The fourth-order valence-corrected chi connectivity index (χ4v) is 4.42. The summed E-state index contributed by atoms with van der Waals surface area (Å²) in [7, 11) is 0. The molecule has 0 saturated carbocycles. The molecule has 0 radical (unpaired) electrons. The van der Waals surface area contributed by atoms with E-state index >= 15 is 0 Å². The van der Waals surface area contributed by atoms with Crippen LogP contribution >= 0.6 is 0 Å². The second kappa shape index (κ2) is 6.52. The standard InChI is InChI=1S/C19H27N3O/c23-19(22-12-9-18(14-22)21-10-3-4-11-21)20-17-8-7-15-5-1-2-6-16(15)13-17/h1-2,5-6,17-18H,3-4,7-14H2,(H,20,23)/t17-,18-/m1/s1. The second-order valence-corrected chi connectivity index (χ2v) is 7.29. The van der Waals surface area contributed by atoms with Crippen LogP contribution < -0.4 is 5.32 Å². The Hall–Kier alpha value is -1.55. The zero-order valence-electron chi connectivity index (χ0n) is 13.8. The van der Waals surface area contributed by atoms with E-state index in [1.54, 1.807) is 0 Å². The predicted molar refractivity (Wildman–Crippen MR) is 91.6 cm³/mol. The van der Waals surface area contributed by atoms with Crippen LogP contribution in [-0.4, -0.2) is 54.1 Å². The minimum absolute atomic E-state index is 0.149. The zero-order valence-corrected chi connectivity index (χ0v) is 13.8. The topological polar surface area (TPSA) is 35.6 Å². The van der Waals surface area contributed by atoms with E-state index in [9.17, 15) is 4.79 Å². The quantitative estimate of drug-likeness (QED) is 0.910. The molecule has 4 nitrogen and oxygen atoms in total. The van der Waals surface area contributed by atoms with Crippen molar-refractivity contribution in [1.29, 1.82) is 0 Å². The highest BCUT2D eigenvalue weighted by Gasteiger charge is 2.32. The first-order chi connectivity index (χ1) is 11.3. The van der Waals surface area contributed by atoms with Gasteiger partial charge < -0.3 is 10.2 Å². The maximum Gasteiger partial charge on any atom is 0.317 e. The molecule has 0 aromatic heterocycles. The van der Waals surface area contributed by atoms with Crippen LogP contribution in [0.15, 0.2) is 24.3 Å². The van der Waals surface area contributed by atoms with Gasteiger partial charge in [-0.25, -0.2) is 4.79 Å². The van der Waals surface area contributed by atoms with E-state index in [1.165, 1.54) is 37.1 Å². The van der Waals surface area contributed by atoms with E-state index in [-0.39, 0.29) is 6.03 Å². The first-order valence-corrected chi connectivity index (χ1v) is 9.16. The third-order valence-corrected chi connectivity index (χ3v) is 5.78. The molecule has 23 heavy (non-hydrogen) atoms. The van der Waals surface area contributed by atoms with Crippen molar-refractivity contribution < 1.29 is 4.79 Å². The molecule has 1 aliphatic carbocycles. The second-order valence-electron chi connectivity index (χ2n) is 7.29. The Morgan fingerprint density at radius 3 is 2.65 bits per heavy atom. The first kappa shape index (κ1) is 15.0. The summed E-state index contributed by atoms with van der Waals surface area (Å²) in [5.74, 6) is 0. The van der Waals surface area contributed by atoms with E-state index in [2.05, 4.69) is 34.5 Å². The van der Waals surface area contributed by atoms with E-state index in [0.717, 1.165) is 38.8 Å². The summed E-state index contributed by atoms with van der Waals surface area (Å²) in [6.45, 7) is 4.27. The number of hydrogen-bond donors (Lipinski definition) is 1. The van der Waals surface area contributed by atoms with Gasteiger partial charge in [-0.05, 0) is 62.7 Å². The van der Waals surface area contributed by atoms with Crippen LogP contribution in [0.4, 0.5) is 4.79 Å². The van der Waals surface area contributed by atoms with Crippen LogP contribution in [-0.2, 0) is 12.8 Å². The number of fused-ring (bicyclic) bond motifs is 1. The number of carbonyl (C=O) groups excluding carboxylic acids is 1. The molecule has 1 N–H and O–H groups in total. The number of amides is 2. The van der Waals surface area contributed by atoms with Gasteiger partial charge in [-0.3, -0.25) is 4.90 Å². The van der Waals surface area contributed by atoms with Crippen LogP contribution in [0.25, 0.3) is 0 Å². The zero-order chi connectivity index (χ0) is 15.6. The highest BCUT2D eigenvalue weighted by molar-refractivity contribution is 5.75. The number of nitrogens with zero attached hydrogens (tertiary/aromatic N) is 2. The molecule has 0 bridgehead atoms. The van der Waals surface area contributed by atoms with Crippen molar-refractivity contribution in [2.75, 3.05) is 26.2 Å². The molecule has 0 unspecified atom stereocenters. The van der Waals surface area contributed by atoms with Crippen LogP contribution in [0.1, 0.15) is 36.8 Å². The van der Waals surface area contributed by atoms with E-state index in [4.69, 9.17) is 0 Å². The predicted octanol–water partition coefficient (Wildman–Crippen LogP) is 2.42. The average molecular weight is 313 g/mol. The molecule has 3 aliphatic rings. The Bertz CT molecular complexity index is 567. The molecular formula is C19H27N3O. The molecule has 2 saturated heterocycles. The van der Waals surface area contributed by atoms with Crippen molar-refractivity contribution in [3.63, 3.8) is 0 Å². The molecule has 2 atom stereocenters. The fraction of sp³-hybridized carbons (Fsp3) is 0.632. The number of nitrogens with one attached hydrogen (secondary N) is 1. The number of urea groups is 1. The minimum Gasteiger partial charge on any atom is -0.335 e. The summed E-state index contributed by atoms with van der Waals surface area (Å²) in [6, 6.07) is 9.67. The monoisotopic (exact) mass is 313 g/mol. The lowest BCUT2D eigenvalue weighted by atomic mass is 9.88. The van der Waals surface area contributed by atoms with Gasteiger partial charge >= 0.3 is 6.03 Å². The summed E-state index contributed by atoms with van der Waals surface area (Å²) < 4.78 is 0. The van der Waals surface area contributed by atoms with Crippen molar-refractivity contribution in [3.05, 3.63) is 35.4 Å². The Labute approximate surface area is 138 Å². The molecule has 2 fully saturated rings. The van der Waals surface area contributed by atoms with Gasteiger partial charge in [0.1, 0.15) is 0 Å². The Kier molecular flexibility index (Phi) is 4.25. The molecule has 124 valence electrons. The SMILES string of the molecule is O=C(N[C@@H]1CCc2ccccc2C1)N1CC[C@@H](N2CCCC2)C1. The van der Waals surface area contributed by atoms with Gasteiger partial charge in [-0.1, -0.05) is 24.3 Å². The van der Waals surface area contributed by atoms with Crippen LogP contribution in [0.5, 0.6) is 0 Å². The van der Waals surface area contributed by atoms with Gasteiger partial charge in [-0.2, -0.15) is 0 Å². The normalized spacial score (nSPS) is 27.9. The molecule has 4 heteroatoms. The lowest BCUT2D eigenvalue weighted by Gasteiger charge is -2.28. The molecule has 0 spiro atoms. The van der Waals surface area contributed by atoms with Gasteiger partial charge in [0.2, 0.25) is 0 Å². The number of carbonyl (C=O) groups is 1. The largest absolute Gasteiger partial charge is 0.335 e. The Balaban J connectivity index is 1.31. The van der Waals surface area contributed by atoms with Gasteiger partial charge in [0.15, 0.2) is 0 Å². The molecular weight excluding hydrogens is 286 g/mol. The summed E-state index contributed by atoms with van der Waals surface area (Å²) in [5, 5.41) is 3.28. The van der Waals surface area contributed by atoms with Crippen molar-refractivity contribution in [3.8, 4) is 0 Å². The highest BCUT2D eigenvalue weighted by Crippen LogP contribution is 2.23. The summed E-state index contributed by atoms with van der Waals surface area (Å²) in [4.78, 5) is 17.2. The van der Waals surface area contributed by atoms with Gasteiger partial charge in [0, 0.05) is 25.2 Å². The lowest BCUT2D eigenvalue weighted by Crippen LogP contribution is -2.47. The van der Waals surface area contributed by atoms with Gasteiger partial charge in [-0.15, -0.1) is 0 Å². The summed E-state index contributed by atoms with van der Waals surface area (Å²) >= 11 is 0. The Morgan fingerprint density at radius 2 is 1.83 bits per heavy atom. The molecule has 1 aromatic carbocycles. The Morgan fingerprint density at radius 1 is 1.04 bits per heavy atom. The van der Waals surface area contributed by atoms with Crippen molar-refractivity contribution in [1.82, 2.24) is 15.1 Å². The molecule has 1 aromatic rings. The van der Waals surface area contributed by atoms with Crippen molar-refractivity contribution >= 4 is 6.03 Å². The third kappa shape index (κ3) is 3.23. The maximum atomic E-state index is 12.6. The van der Waals surface area contributed by atoms with E-state index < -0.39 is 0 Å². The average Bonchev–Trinajstić information content (AvgIpc) is 3.26. The van der Waals surface area contributed by atoms with E-state index in [0.29, 0.717) is 12.1 Å². The van der Waals surface area contributed by atoms with Crippen molar-refractivity contribution in [2.45, 2.75) is 50.6 Å². The van der Waals surface area contributed by atoms with Gasteiger partial charge in [0.05, 0.1) is 0 Å². The van der Waals surface area contributed by atoms with Crippen LogP contribution in [0, 0.1) is 0 Å². The number of hydrogen-bond acceptors (Lipinski definition) is 2. The first-order valence-electron chi connectivity index (χ1n) is 9.16. The lowest BCUT2D eigenvalue weighted by molar-refractivity contribution is 0.194. The molecule has 2 amide bonds. The van der Waals surface area contributed by atoms with Crippen LogP contribution in [0.3, 0.4) is 0 Å². The van der Waals surface area contributed by atoms with Gasteiger partial charge in [0.25, 0.3) is 0 Å². The minimum atomic E-state index is 0.149. The van der Waals surface area contributed by atoms with Crippen LogP contribution in [0.2, 0.25) is 0 Å². The number of aryl methyl sites for hydroxylation is 1. The number of benzene rings is 1. The molecule has 4 rings (SSSR count). The highest BCUT2D eigenvalue weighted by atomic mass is 16.2. The number of likely N-dealkylation sites (tertiary alicyclic amines) is 2. The smallest absolute Gasteiger partial charge is 0.317 e. The summed E-state index contributed by atoms with van der Waals surface area (Å²) in [6.07, 6.45) is 6.91. The maximum absolute atomic E-state index is 12.6. The third-order valence-electron chi connectivity index (χ3n) is 5.78. The van der Waals surface area contributed by atoms with E-state index in [1.807, 2.05) is 4.90 Å².